The average molecular weight is 289 g/mol. The van der Waals surface area contributed by atoms with Crippen molar-refractivity contribution < 1.29 is 0 Å². The van der Waals surface area contributed by atoms with Crippen LogP contribution >= 0.6 is 11.8 Å². The normalized spacial score (nSPS) is 12.6. The summed E-state index contributed by atoms with van der Waals surface area (Å²) in [5, 5.41) is 7.91. The molecule has 0 saturated carbocycles. The Labute approximate surface area is 125 Å². The molecule has 1 unspecified atom stereocenters. The molecule has 0 aliphatic carbocycles. The predicted molar refractivity (Wildman–Crippen MR) is 86.1 cm³/mol. The van der Waals surface area contributed by atoms with E-state index in [1.54, 1.807) is 0 Å². The molecule has 1 heterocycles. The van der Waals surface area contributed by atoms with Crippen molar-refractivity contribution in [2.24, 2.45) is 7.05 Å². The third-order valence-corrected chi connectivity index (χ3v) is 4.62. The van der Waals surface area contributed by atoms with Gasteiger partial charge in [-0.15, -0.1) is 11.8 Å². The second kappa shape index (κ2) is 7.50. The van der Waals surface area contributed by atoms with E-state index in [0.29, 0.717) is 6.04 Å². The highest BCUT2D eigenvalue weighted by Gasteiger charge is 2.14. The second-order valence-electron chi connectivity index (χ2n) is 4.96. The third-order valence-electron chi connectivity index (χ3n) is 3.36. The van der Waals surface area contributed by atoms with Gasteiger partial charge in [0.15, 0.2) is 0 Å². The quantitative estimate of drug-likeness (QED) is 0.790. The second-order valence-corrected chi connectivity index (χ2v) is 6.02. The molecule has 1 atom stereocenters. The first kappa shape index (κ1) is 15.1. The van der Waals surface area contributed by atoms with Crippen molar-refractivity contribution in [2.75, 3.05) is 12.3 Å². The number of thioether (sulfide) groups is 1. The molecule has 1 aromatic heterocycles. The zero-order valence-electron chi connectivity index (χ0n) is 12.5. The van der Waals surface area contributed by atoms with Crippen LogP contribution in [0.5, 0.6) is 0 Å². The molecule has 0 aliphatic heterocycles. The van der Waals surface area contributed by atoms with Gasteiger partial charge in [0, 0.05) is 23.9 Å². The summed E-state index contributed by atoms with van der Waals surface area (Å²) in [5.41, 5.74) is 2.59. The Morgan fingerprint density at radius 1 is 1.30 bits per heavy atom. The van der Waals surface area contributed by atoms with E-state index < -0.39 is 0 Å². The average Bonchev–Trinajstić information content (AvgIpc) is 2.87. The molecular weight excluding hydrogens is 266 g/mol. The Morgan fingerprint density at radius 2 is 2.10 bits per heavy atom. The van der Waals surface area contributed by atoms with Crippen molar-refractivity contribution in [3.05, 3.63) is 47.8 Å². The van der Waals surface area contributed by atoms with Crippen LogP contribution in [0.15, 0.2) is 41.4 Å². The van der Waals surface area contributed by atoms with Gasteiger partial charge in [0.25, 0.3) is 0 Å². The highest BCUT2D eigenvalue weighted by atomic mass is 32.2. The van der Waals surface area contributed by atoms with E-state index in [4.69, 9.17) is 0 Å². The summed E-state index contributed by atoms with van der Waals surface area (Å²) in [7, 11) is 2.01. The molecule has 2 aromatic rings. The summed E-state index contributed by atoms with van der Waals surface area (Å²) in [6, 6.07) is 11.0. The predicted octanol–water partition coefficient (Wildman–Crippen LogP) is 3.56. The first-order valence-corrected chi connectivity index (χ1v) is 8.10. The first-order chi connectivity index (χ1) is 9.72. The minimum atomic E-state index is 0.340. The zero-order valence-corrected chi connectivity index (χ0v) is 13.3. The van der Waals surface area contributed by atoms with Gasteiger partial charge in [-0.2, -0.15) is 5.10 Å². The molecular formula is C16H23N3S. The molecule has 4 heteroatoms. The Bertz CT molecular complexity index is 536. The van der Waals surface area contributed by atoms with E-state index in [1.165, 1.54) is 16.2 Å². The number of aryl methyl sites for hydroxylation is 2. The Hall–Kier alpha value is -1.26. The van der Waals surface area contributed by atoms with E-state index >= 15 is 0 Å². The maximum atomic E-state index is 4.29. The molecule has 2 rings (SSSR count). The fraction of sp³-hybridized carbons (Fsp3) is 0.438. The molecule has 0 saturated heterocycles. The van der Waals surface area contributed by atoms with Crippen LogP contribution in [0.1, 0.15) is 30.6 Å². The van der Waals surface area contributed by atoms with Gasteiger partial charge >= 0.3 is 0 Å². The summed E-state index contributed by atoms with van der Waals surface area (Å²) in [4.78, 5) is 1.36. The Morgan fingerprint density at radius 3 is 2.75 bits per heavy atom. The standard InChI is InChI=1S/C16H23N3S/c1-4-10-17-14(15-9-11-18-19(15)3)12-20-16-8-6-5-7-13(16)2/h5-9,11,14,17H,4,10,12H2,1-3H3. The topological polar surface area (TPSA) is 29.9 Å². The molecule has 108 valence electrons. The maximum absolute atomic E-state index is 4.29. The molecule has 1 aromatic carbocycles. The fourth-order valence-corrected chi connectivity index (χ4v) is 3.29. The summed E-state index contributed by atoms with van der Waals surface area (Å²) < 4.78 is 1.96. The van der Waals surface area contributed by atoms with E-state index in [1.807, 2.05) is 29.7 Å². The molecule has 0 radical (unpaired) electrons. The largest absolute Gasteiger partial charge is 0.308 e. The van der Waals surface area contributed by atoms with Gasteiger partial charge in [0.05, 0.1) is 11.7 Å². The highest BCUT2D eigenvalue weighted by Crippen LogP contribution is 2.26. The van der Waals surface area contributed by atoms with Gasteiger partial charge in [-0.1, -0.05) is 25.1 Å². The number of nitrogens with zero attached hydrogens (tertiary/aromatic N) is 2. The lowest BCUT2D eigenvalue weighted by atomic mass is 10.2. The molecule has 0 spiro atoms. The molecule has 0 aliphatic rings. The molecule has 0 bridgehead atoms. The minimum Gasteiger partial charge on any atom is -0.308 e. The zero-order chi connectivity index (χ0) is 14.4. The van der Waals surface area contributed by atoms with Crippen molar-refractivity contribution in [3.63, 3.8) is 0 Å². The van der Waals surface area contributed by atoms with Crippen LogP contribution < -0.4 is 5.32 Å². The van der Waals surface area contributed by atoms with Gasteiger partial charge < -0.3 is 5.32 Å². The summed E-state index contributed by atoms with van der Waals surface area (Å²) in [6.45, 7) is 5.40. The van der Waals surface area contributed by atoms with E-state index in [2.05, 4.69) is 54.6 Å². The van der Waals surface area contributed by atoms with Crippen LogP contribution in [-0.2, 0) is 7.05 Å². The van der Waals surface area contributed by atoms with Crippen LogP contribution in [0.25, 0.3) is 0 Å². The van der Waals surface area contributed by atoms with Crippen molar-refractivity contribution in [1.29, 1.82) is 0 Å². The summed E-state index contributed by atoms with van der Waals surface area (Å²) in [5.74, 6) is 1.02. The van der Waals surface area contributed by atoms with Crippen LogP contribution in [-0.4, -0.2) is 22.1 Å². The van der Waals surface area contributed by atoms with Crippen LogP contribution in [0.3, 0.4) is 0 Å². The van der Waals surface area contributed by atoms with Gasteiger partial charge in [0.2, 0.25) is 0 Å². The van der Waals surface area contributed by atoms with Crippen molar-refractivity contribution in [2.45, 2.75) is 31.2 Å². The lowest BCUT2D eigenvalue weighted by Crippen LogP contribution is -2.26. The van der Waals surface area contributed by atoms with Crippen molar-refractivity contribution in [1.82, 2.24) is 15.1 Å². The van der Waals surface area contributed by atoms with E-state index in [-0.39, 0.29) is 0 Å². The van der Waals surface area contributed by atoms with Crippen LogP contribution in [0.2, 0.25) is 0 Å². The molecule has 1 N–H and O–H groups in total. The van der Waals surface area contributed by atoms with Crippen molar-refractivity contribution >= 4 is 11.8 Å². The van der Waals surface area contributed by atoms with Gasteiger partial charge in [-0.25, -0.2) is 0 Å². The third kappa shape index (κ3) is 3.87. The number of hydrogen-bond donors (Lipinski definition) is 1. The molecule has 0 amide bonds. The molecule has 3 nitrogen and oxygen atoms in total. The fourth-order valence-electron chi connectivity index (χ4n) is 2.18. The summed E-state index contributed by atoms with van der Waals surface area (Å²) in [6.07, 6.45) is 3.01. The van der Waals surface area contributed by atoms with E-state index in [0.717, 1.165) is 18.7 Å². The molecule has 20 heavy (non-hydrogen) atoms. The molecule has 0 fully saturated rings. The van der Waals surface area contributed by atoms with Gasteiger partial charge in [-0.05, 0) is 37.6 Å². The monoisotopic (exact) mass is 289 g/mol. The van der Waals surface area contributed by atoms with Gasteiger partial charge in [0.1, 0.15) is 0 Å². The maximum Gasteiger partial charge on any atom is 0.0587 e. The highest BCUT2D eigenvalue weighted by molar-refractivity contribution is 7.99. The van der Waals surface area contributed by atoms with Crippen molar-refractivity contribution in [3.8, 4) is 0 Å². The summed E-state index contributed by atoms with van der Waals surface area (Å²) >= 11 is 1.91. The minimum absolute atomic E-state index is 0.340. The number of benzene rings is 1. The Balaban J connectivity index is 2.05. The number of aromatic nitrogens is 2. The van der Waals surface area contributed by atoms with Gasteiger partial charge in [-0.3, -0.25) is 4.68 Å². The Kier molecular flexibility index (Phi) is 5.68. The lowest BCUT2D eigenvalue weighted by molar-refractivity contribution is 0.535. The number of rotatable bonds is 7. The van der Waals surface area contributed by atoms with Crippen LogP contribution in [0.4, 0.5) is 0 Å². The number of hydrogen-bond acceptors (Lipinski definition) is 3. The number of nitrogens with one attached hydrogen (secondary N) is 1. The lowest BCUT2D eigenvalue weighted by Gasteiger charge is -2.19. The van der Waals surface area contributed by atoms with Crippen LogP contribution in [0, 0.1) is 6.92 Å². The SMILES string of the molecule is CCCNC(CSc1ccccc1C)c1ccnn1C. The smallest absolute Gasteiger partial charge is 0.0587 e. The first-order valence-electron chi connectivity index (χ1n) is 7.12. The van der Waals surface area contributed by atoms with E-state index in [9.17, 15) is 0 Å².